The van der Waals surface area contributed by atoms with Crippen LogP contribution in [0.2, 0.25) is 0 Å². The van der Waals surface area contributed by atoms with E-state index in [1.807, 2.05) is 55.5 Å². The van der Waals surface area contributed by atoms with E-state index in [9.17, 15) is 4.79 Å². The number of para-hydroxylation sites is 2. The van der Waals surface area contributed by atoms with Crippen LogP contribution in [0.25, 0.3) is 22.0 Å². The van der Waals surface area contributed by atoms with E-state index in [-0.39, 0.29) is 11.9 Å². The number of anilines is 1. The van der Waals surface area contributed by atoms with Crippen molar-refractivity contribution in [3.8, 4) is 0 Å². The molecule has 0 radical (unpaired) electrons. The van der Waals surface area contributed by atoms with Crippen molar-refractivity contribution >= 4 is 33.9 Å². The molecule has 5 rings (SSSR count). The molecule has 1 fully saturated rings. The van der Waals surface area contributed by atoms with Crippen LogP contribution < -0.4 is 10.2 Å². The second-order valence-electron chi connectivity index (χ2n) is 7.52. The van der Waals surface area contributed by atoms with E-state index in [1.165, 1.54) is 0 Å². The Morgan fingerprint density at radius 1 is 1.21 bits per heavy atom. The molecule has 4 aromatic rings. The van der Waals surface area contributed by atoms with Gasteiger partial charge >= 0.3 is 0 Å². The SMILES string of the molecule is Cc1ccnc2ccc(C(=O)NCC3CCCN3c3nc4ccccc4o3)cc12. The van der Waals surface area contributed by atoms with Crippen LogP contribution in [-0.4, -0.2) is 35.0 Å². The van der Waals surface area contributed by atoms with E-state index in [4.69, 9.17) is 4.42 Å². The first-order valence-corrected chi connectivity index (χ1v) is 9.95. The van der Waals surface area contributed by atoms with Crippen molar-refractivity contribution in [3.05, 3.63) is 65.9 Å². The number of nitrogens with zero attached hydrogens (tertiary/aromatic N) is 3. The summed E-state index contributed by atoms with van der Waals surface area (Å²) >= 11 is 0. The molecule has 1 atom stereocenters. The number of benzene rings is 2. The summed E-state index contributed by atoms with van der Waals surface area (Å²) in [7, 11) is 0. The summed E-state index contributed by atoms with van der Waals surface area (Å²) in [4.78, 5) is 23.9. The Morgan fingerprint density at radius 3 is 3.00 bits per heavy atom. The van der Waals surface area contributed by atoms with E-state index in [0.29, 0.717) is 18.1 Å². The molecule has 2 aromatic heterocycles. The van der Waals surface area contributed by atoms with Crippen LogP contribution in [0.3, 0.4) is 0 Å². The van der Waals surface area contributed by atoms with E-state index in [2.05, 4.69) is 20.2 Å². The summed E-state index contributed by atoms with van der Waals surface area (Å²) in [6.45, 7) is 3.47. The zero-order chi connectivity index (χ0) is 19.8. The number of pyridine rings is 1. The lowest BCUT2D eigenvalue weighted by Crippen LogP contribution is -2.40. The molecule has 1 aliphatic rings. The zero-order valence-corrected chi connectivity index (χ0v) is 16.3. The number of carbonyl (C=O) groups excluding carboxylic acids is 1. The van der Waals surface area contributed by atoms with Gasteiger partial charge in [-0.3, -0.25) is 9.78 Å². The van der Waals surface area contributed by atoms with Crippen LogP contribution >= 0.6 is 0 Å². The molecule has 29 heavy (non-hydrogen) atoms. The highest BCUT2D eigenvalue weighted by Crippen LogP contribution is 2.28. The topological polar surface area (TPSA) is 71.3 Å². The Balaban J connectivity index is 1.31. The van der Waals surface area contributed by atoms with Crippen LogP contribution in [0.4, 0.5) is 6.01 Å². The number of carbonyl (C=O) groups is 1. The van der Waals surface area contributed by atoms with Gasteiger partial charge in [0.2, 0.25) is 0 Å². The van der Waals surface area contributed by atoms with Crippen LogP contribution in [0, 0.1) is 6.92 Å². The molecular formula is C23H22N4O2. The van der Waals surface area contributed by atoms with Crippen molar-refractivity contribution in [1.82, 2.24) is 15.3 Å². The van der Waals surface area contributed by atoms with Gasteiger partial charge in [0.1, 0.15) is 5.52 Å². The first kappa shape index (κ1) is 17.7. The average molecular weight is 386 g/mol. The maximum atomic E-state index is 12.8. The van der Waals surface area contributed by atoms with E-state index in [1.54, 1.807) is 6.20 Å². The molecule has 146 valence electrons. The number of aryl methyl sites for hydroxylation is 1. The fourth-order valence-corrected chi connectivity index (χ4v) is 4.02. The third-order valence-corrected chi connectivity index (χ3v) is 5.63. The van der Waals surface area contributed by atoms with Gasteiger partial charge in [-0.1, -0.05) is 12.1 Å². The summed E-state index contributed by atoms with van der Waals surface area (Å²) < 4.78 is 5.93. The molecule has 0 spiro atoms. The van der Waals surface area contributed by atoms with E-state index >= 15 is 0 Å². The number of fused-ring (bicyclic) bond motifs is 2. The molecule has 1 aliphatic heterocycles. The Labute approximate surface area is 168 Å². The molecule has 3 heterocycles. The van der Waals surface area contributed by atoms with E-state index in [0.717, 1.165) is 47.0 Å². The van der Waals surface area contributed by atoms with Crippen LogP contribution in [0.5, 0.6) is 0 Å². The zero-order valence-electron chi connectivity index (χ0n) is 16.3. The lowest BCUT2D eigenvalue weighted by atomic mass is 10.1. The lowest BCUT2D eigenvalue weighted by Gasteiger charge is -2.23. The second-order valence-corrected chi connectivity index (χ2v) is 7.52. The van der Waals surface area contributed by atoms with Crippen LogP contribution in [-0.2, 0) is 0 Å². The minimum absolute atomic E-state index is 0.0698. The number of amides is 1. The largest absolute Gasteiger partial charge is 0.423 e. The molecule has 6 nitrogen and oxygen atoms in total. The summed E-state index contributed by atoms with van der Waals surface area (Å²) in [5.74, 6) is -0.0698. The fourth-order valence-electron chi connectivity index (χ4n) is 4.02. The summed E-state index contributed by atoms with van der Waals surface area (Å²) in [5.41, 5.74) is 4.32. The summed E-state index contributed by atoms with van der Waals surface area (Å²) in [5, 5.41) is 4.10. The van der Waals surface area contributed by atoms with Crippen molar-refractivity contribution in [1.29, 1.82) is 0 Å². The molecule has 1 saturated heterocycles. The van der Waals surface area contributed by atoms with Crippen molar-refractivity contribution in [2.24, 2.45) is 0 Å². The van der Waals surface area contributed by atoms with Crippen molar-refractivity contribution in [3.63, 3.8) is 0 Å². The van der Waals surface area contributed by atoms with Crippen LogP contribution in [0.1, 0.15) is 28.8 Å². The average Bonchev–Trinajstić information content (AvgIpc) is 3.38. The van der Waals surface area contributed by atoms with Gasteiger partial charge in [-0.05, 0) is 61.7 Å². The van der Waals surface area contributed by atoms with Crippen molar-refractivity contribution in [2.75, 3.05) is 18.0 Å². The molecule has 0 aliphatic carbocycles. The van der Waals surface area contributed by atoms with Gasteiger partial charge in [0.15, 0.2) is 5.58 Å². The standard InChI is InChI=1S/C23H22N4O2/c1-15-10-11-24-19-9-8-16(13-18(15)19)22(28)25-14-17-5-4-12-27(17)23-26-20-6-2-3-7-21(20)29-23/h2-3,6-11,13,17H,4-5,12,14H2,1H3,(H,25,28). The first-order valence-electron chi connectivity index (χ1n) is 9.95. The lowest BCUT2D eigenvalue weighted by molar-refractivity contribution is 0.0951. The van der Waals surface area contributed by atoms with E-state index < -0.39 is 0 Å². The summed E-state index contributed by atoms with van der Waals surface area (Å²) in [6.07, 6.45) is 3.85. The molecule has 1 unspecified atom stereocenters. The highest BCUT2D eigenvalue weighted by Gasteiger charge is 2.28. The maximum Gasteiger partial charge on any atom is 0.298 e. The molecule has 6 heteroatoms. The molecule has 0 bridgehead atoms. The predicted molar refractivity (Wildman–Crippen MR) is 113 cm³/mol. The number of oxazole rings is 1. The monoisotopic (exact) mass is 386 g/mol. The highest BCUT2D eigenvalue weighted by molar-refractivity contribution is 5.98. The summed E-state index contributed by atoms with van der Waals surface area (Å²) in [6, 6.07) is 16.2. The number of hydrogen-bond donors (Lipinski definition) is 1. The van der Waals surface area contributed by atoms with Gasteiger partial charge in [0.25, 0.3) is 11.9 Å². The quantitative estimate of drug-likeness (QED) is 0.572. The highest BCUT2D eigenvalue weighted by atomic mass is 16.4. The molecular weight excluding hydrogens is 364 g/mol. The minimum Gasteiger partial charge on any atom is -0.423 e. The first-order chi connectivity index (χ1) is 14.2. The van der Waals surface area contributed by atoms with Gasteiger partial charge in [-0.15, -0.1) is 0 Å². The Morgan fingerprint density at radius 2 is 2.10 bits per heavy atom. The van der Waals surface area contributed by atoms with Gasteiger partial charge in [-0.25, -0.2) is 0 Å². The number of hydrogen-bond acceptors (Lipinski definition) is 5. The van der Waals surface area contributed by atoms with Crippen LogP contribution in [0.15, 0.2) is 59.1 Å². The fraction of sp³-hybridized carbons (Fsp3) is 0.261. The maximum absolute atomic E-state index is 12.8. The van der Waals surface area contributed by atoms with Crippen molar-refractivity contribution in [2.45, 2.75) is 25.8 Å². The van der Waals surface area contributed by atoms with Crippen molar-refractivity contribution < 1.29 is 9.21 Å². The van der Waals surface area contributed by atoms with Gasteiger partial charge in [-0.2, -0.15) is 4.98 Å². The molecule has 1 amide bonds. The van der Waals surface area contributed by atoms with Gasteiger partial charge in [0, 0.05) is 30.2 Å². The molecule has 0 saturated carbocycles. The minimum atomic E-state index is -0.0698. The van der Waals surface area contributed by atoms with Gasteiger partial charge < -0.3 is 14.6 Å². The molecule has 1 N–H and O–H groups in total. The Hall–Kier alpha value is -3.41. The molecule has 2 aromatic carbocycles. The third kappa shape index (κ3) is 3.31. The Kier molecular flexibility index (Phi) is 4.39. The Bertz CT molecular complexity index is 1170. The van der Waals surface area contributed by atoms with Gasteiger partial charge in [0.05, 0.1) is 11.6 Å². The second kappa shape index (κ2) is 7.20. The number of aromatic nitrogens is 2. The number of nitrogens with one attached hydrogen (secondary N) is 1. The predicted octanol–water partition coefficient (Wildman–Crippen LogP) is 4.08. The normalized spacial score (nSPS) is 16.6. The number of rotatable bonds is 4. The third-order valence-electron chi connectivity index (χ3n) is 5.63. The smallest absolute Gasteiger partial charge is 0.298 e.